The third-order valence-electron chi connectivity index (χ3n) is 6.11. The molecule has 0 radical (unpaired) electrons. The largest absolute Gasteiger partial charge is 0.103 e. The Labute approximate surface area is 147 Å². The quantitative estimate of drug-likeness (QED) is 0.167. The Balaban J connectivity index is 2.63. The Hall–Kier alpha value is -0.350. The van der Waals surface area contributed by atoms with Gasteiger partial charge in [0.15, 0.2) is 0 Å². The minimum Gasteiger partial charge on any atom is -0.103 e. The van der Waals surface area contributed by atoms with Crippen molar-refractivity contribution in [2.24, 2.45) is 11.3 Å². The van der Waals surface area contributed by atoms with Crippen LogP contribution in [0, 0.1) is 11.3 Å². The first-order valence-electron chi connectivity index (χ1n) is 9.50. The summed E-state index contributed by atoms with van der Waals surface area (Å²) in [6.07, 6.45) is 18.6. The Kier molecular flexibility index (Phi) is 8.29. The first-order chi connectivity index (χ1) is 10.8. The SMILES string of the molecule is C=CC(C)(C)C(C)(C)P1CC(/C(=C\C=C\C)CCCCCC)C1. The fraction of sp³-hybridized carbons (Fsp3) is 0.727. The van der Waals surface area contributed by atoms with E-state index >= 15 is 0 Å². The molecule has 0 aromatic rings. The van der Waals surface area contributed by atoms with Crippen LogP contribution in [0.3, 0.4) is 0 Å². The van der Waals surface area contributed by atoms with E-state index in [1.165, 1.54) is 44.4 Å². The number of rotatable bonds is 10. The van der Waals surface area contributed by atoms with Gasteiger partial charge in [-0.25, -0.2) is 0 Å². The van der Waals surface area contributed by atoms with Crippen LogP contribution in [0.25, 0.3) is 0 Å². The normalized spacial score (nSPS) is 23.1. The van der Waals surface area contributed by atoms with Crippen molar-refractivity contribution in [1.29, 1.82) is 0 Å². The lowest BCUT2D eigenvalue weighted by Crippen LogP contribution is -2.43. The molecule has 0 atom stereocenters. The summed E-state index contributed by atoms with van der Waals surface area (Å²) in [4.78, 5) is 0. The van der Waals surface area contributed by atoms with E-state index < -0.39 is 0 Å². The van der Waals surface area contributed by atoms with E-state index in [2.05, 4.69) is 72.4 Å². The zero-order valence-electron chi connectivity index (χ0n) is 16.5. The molecule has 0 aromatic carbocycles. The van der Waals surface area contributed by atoms with Crippen LogP contribution in [-0.4, -0.2) is 17.5 Å². The monoisotopic (exact) mass is 334 g/mol. The van der Waals surface area contributed by atoms with Crippen LogP contribution in [0.15, 0.2) is 36.5 Å². The van der Waals surface area contributed by atoms with Crippen LogP contribution < -0.4 is 0 Å². The highest BCUT2D eigenvalue weighted by Crippen LogP contribution is 2.66. The highest BCUT2D eigenvalue weighted by atomic mass is 31.1. The van der Waals surface area contributed by atoms with Crippen LogP contribution in [0.4, 0.5) is 0 Å². The third-order valence-corrected chi connectivity index (χ3v) is 10.0. The van der Waals surface area contributed by atoms with Crippen LogP contribution in [0.5, 0.6) is 0 Å². The number of allylic oxidation sites excluding steroid dienone is 5. The molecular weight excluding hydrogens is 295 g/mol. The average molecular weight is 335 g/mol. The molecule has 0 nitrogen and oxygen atoms in total. The van der Waals surface area contributed by atoms with E-state index in [-0.39, 0.29) is 13.3 Å². The van der Waals surface area contributed by atoms with Gasteiger partial charge in [0, 0.05) is 0 Å². The van der Waals surface area contributed by atoms with E-state index in [1.807, 2.05) is 0 Å². The van der Waals surface area contributed by atoms with Crippen molar-refractivity contribution in [1.82, 2.24) is 0 Å². The molecule has 0 aromatic heterocycles. The molecule has 0 amide bonds. The summed E-state index contributed by atoms with van der Waals surface area (Å²) < 4.78 is 0. The second-order valence-corrected chi connectivity index (χ2v) is 11.1. The van der Waals surface area contributed by atoms with Gasteiger partial charge in [-0.2, -0.15) is 0 Å². The first kappa shape index (κ1) is 20.7. The summed E-state index contributed by atoms with van der Waals surface area (Å²) in [5.41, 5.74) is 1.95. The second-order valence-electron chi connectivity index (χ2n) is 8.16. The van der Waals surface area contributed by atoms with Gasteiger partial charge in [-0.05, 0) is 48.6 Å². The molecule has 0 spiro atoms. The molecular formula is C22H39P. The van der Waals surface area contributed by atoms with Crippen LogP contribution in [-0.2, 0) is 0 Å². The Morgan fingerprint density at radius 1 is 1.13 bits per heavy atom. The van der Waals surface area contributed by atoms with Crippen molar-refractivity contribution >= 4 is 7.92 Å². The standard InChI is InChI=1S/C22H39P/c1-8-11-13-14-16-19(15-12-9-2)20-17-23(18-20)22(6,7)21(4,5)10-3/h9-10,12,15,20H,3,8,11,13-14,16-18H2,1-2,4-7H3/b12-9+,19-15-. The average Bonchev–Trinajstić information content (AvgIpc) is 2.46. The van der Waals surface area contributed by atoms with Gasteiger partial charge >= 0.3 is 0 Å². The molecule has 0 bridgehead atoms. The summed E-state index contributed by atoms with van der Waals surface area (Å²) in [5.74, 6) is 0.846. The minimum atomic E-state index is 0.120. The van der Waals surface area contributed by atoms with Gasteiger partial charge in [-0.15, -0.1) is 6.58 Å². The molecule has 1 heterocycles. The van der Waals surface area contributed by atoms with Gasteiger partial charge in [-0.1, -0.05) is 91.7 Å². The molecule has 23 heavy (non-hydrogen) atoms. The van der Waals surface area contributed by atoms with Crippen molar-refractivity contribution in [2.75, 3.05) is 12.3 Å². The summed E-state index contributed by atoms with van der Waals surface area (Å²) in [6, 6.07) is 0. The van der Waals surface area contributed by atoms with Crippen molar-refractivity contribution < 1.29 is 0 Å². The van der Waals surface area contributed by atoms with Crippen molar-refractivity contribution in [3.05, 3.63) is 36.5 Å². The summed E-state index contributed by atoms with van der Waals surface area (Å²) >= 11 is 0. The maximum atomic E-state index is 4.08. The molecule has 1 fully saturated rings. The van der Waals surface area contributed by atoms with E-state index in [9.17, 15) is 0 Å². The first-order valence-corrected chi connectivity index (χ1v) is 11.2. The highest BCUT2D eigenvalue weighted by molar-refractivity contribution is 7.61. The molecule has 1 aliphatic heterocycles. The van der Waals surface area contributed by atoms with Crippen molar-refractivity contribution in [3.63, 3.8) is 0 Å². The fourth-order valence-corrected chi connectivity index (χ4v) is 6.47. The summed E-state index contributed by atoms with van der Waals surface area (Å²) in [5, 5.41) is 0.397. The van der Waals surface area contributed by atoms with Gasteiger partial charge in [0.25, 0.3) is 0 Å². The molecule has 0 saturated carbocycles. The van der Waals surface area contributed by atoms with Gasteiger partial charge in [-0.3, -0.25) is 0 Å². The number of hydrogen-bond donors (Lipinski definition) is 0. The lowest BCUT2D eigenvalue weighted by Gasteiger charge is -2.53. The molecule has 1 heteroatoms. The molecule has 0 unspecified atom stereocenters. The van der Waals surface area contributed by atoms with Crippen molar-refractivity contribution in [3.8, 4) is 0 Å². The molecule has 1 saturated heterocycles. The topological polar surface area (TPSA) is 0 Å². The predicted octanol–water partition coefficient (Wildman–Crippen LogP) is 7.56. The van der Waals surface area contributed by atoms with Gasteiger partial charge < -0.3 is 0 Å². The van der Waals surface area contributed by atoms with Crippen LogP contribution in [0.1, 0.15) is 73.6 Å². The summed E-state index contributed by atoms with van der Waals surface area (Å²) in [6.45, 7) is 18.1. The lowest BCUT2D eigenvalue weighted by atomic mass is 9.80. The van der Waals surface area contributed by atoms with E-state index in [4.69, 9.17) is 0 Å². The predicted molar refractivity (Wildman–Crippen MR) is 110 cm³/mol. The van der Waals surface area contributed by atoms with E-state index in [0.29, 0.717) is 5.16 Å². The Morgan fingerprint density at radius 2 is 1.78 bits per heavy atom. The molecule has 0 aliphatic carbocycles. The lowest BCUT2D eigenvalue weighted by molar-refractivity contribution is 0.359. The second kappa shape index (κ2) is 9.22. The Morgan fingerprint density at radius 3 is 2.30 bits per heavy atom. The zero-order chi connectivity index (χ0) is 17.5. The van der Waals surface area contributed by atoms with Crippen molar-refractivity contribution in [2.45, 2.75) is 78.8 Å². The third kappa shape index (κ3) is 5.32. The molecule has 1 rings (SSSR count). The molecule has 132 valence electrons. The van der Waals surface area contributed by atoms with Crippen LogP contribution in [0.2, 0.25) is 0 Å². The van der Waals surface area contributed by atoms with E-state index in [1.54, 1.807) is 5.57 Å². The molecule has 0 N–H and O–H groups in total. The smallest absolute Gasteiger partial charge is 0.00651 e. The minimum absolute atomic E-state index is 0.120. The highest BCUT2D eigenvalue weighted by Gasteiger charge is 2.47. The summed E-state index contributed by atoms with van der Waals surface area (Å²) in [7, 11) is 0.120. The zero-order valence-corrected chi connectivity index (χ0v) is 17.4. The van der Waals surface area contributed by atoms with Gasteiger partial charge in [0.2, 0.25) is 0 Å². The fourth-order valence-electron chi connectivity index (χ4n) is 3.23. The number of unbranched alkanes of at least 4 members (excludes halogenated alkanes) is 3. The maximum Gasteiger partial charge on any atom is -0.00651 e. The number of hydrogen-bond acceptors (Lipinski definition) is 0. The van der Waals surface area contributed by atoms with Gasteiger partial charge in [0.1, 0.15) is 0 Å². The van der Waals surface area contributed by atoms with Gasteiger partial charge in [0.05, 0.1) is 0 Å². The van der Waals surface area contributed by atoms with Crippen LogP contribution >= 0.6 is 7.92 Å². The Bertz CT molecular complexity index is 419. The maximum absolute atomic E-state index is 4.08. The van der Waals surface area contributed by atoms with E-state index in [0.717, 1.165) is 5.92 Å². The molecule has 1 aliphatic rings.